The third-order valence-corrected chi connectivity index (χ3v) is 3.22. The van der Waals surface area contributed by atoms with Gasteiger partial charge in [-0.15, -0.1) is 0 Å². The monoisotopic (exact) mass is 328 g/mol. The lowest BCUT2D eigenvalue weighted by Gasteiger charge is -2.03. The van der Waals surface area contributed by atoms with Crippen molar-refractivity contribution in [2.45, 2.75) is 6.61 Å². The summed E-state index contributed by atoms with van der Waals surface area (Å²) in [6.07, 6.45) is 0. The summed E-state index contributed by atoms with van der Waals surface area (Å²) in [6, 6.07) is 12.3. The molecule has 0 bridgehead atoms. The minimum absolute atomic E-state index is 0.145. The van der Waals surface area contributed by atoms with Crippen LogP contribution in [0.3, 0.4) is 0 Å². The molecule has 3 aromatic rings. The highest BCUT2D eigenvalue weighted by Gasteiger charge is 2.15. The van der Waals surface area contributed by atoms with Crippen LogP contribution in [0.4, 0.5) is 4.39 Å². The molecule has 7 heteroatoms. The van der Waals surface area contributed by atoms with Crippen LogP contribution in [0.15, 0.2) is 53.1 Å². The standard InChI is InChI=1S/C17H13FN2O4/c1-22-14-5-3-2-4-13(14)16-19-15(24-20-16)10-23-17(21)11-6-8-12(18)9-7-11/h2-9H,10H2,1H3. The van der Waals surface area contributed by atoms with Crippen molar-refractivity contribution in [1.29, 1.82) is 0 Å². The van der Waals surface area contributed by atoms with E-state index in [9.17, 15) is 9.18 Å². The van der Waals surface area contributed by atoms with E-state index in [1.165, 1.54) is 24.3 Å². The number of benzene rings is 2. The number of methoxy groups -OCH3 is 1. The highest BCUT2D eigenvalue weighted by Crippen LogP contribution is 2.27. The second-order valence-corrected chi connectivity index (χ2v) is 4.80. The fraction of sp³-hybridized carbons (Fsp3) is 0.118. The first-order valence-corrected chi connectivity index (χ1v) is 7.06. The number of halogens is 1. The van der Waals surface area contributed by atoms with Crippen molar-refractivity contribution < 1.29 is 23.2 Å². The molecule has 6 nitrogen and oxygen atoms in total. The van der Waals surface area contributed by atoms with Crippen LogP contribution in [0.5, 0.6) is 5.75 Å². The molecule has 0 saturated carbocycles. The van der Waals surface area contributed by atoms with E-state index >= 15 is 0 Å². The summed E-state index contributed by atoms with van der Waals surface area (Å²) in [6.45, 7) is -0.182. The SMILES string of the molecule is COc1ccccc1-c1noc(COC(=O)c2ccc(F)cc2)n1. The minimum Gasteiger partial charge on any atom is -0.496 e. The summed E-state index contributed by atoms with van der Waals surface area (Å²) in [5, 5.41) is 3.85. The molecule has 0 spiro atoms. The van der Waals surface area contributed by atoms with Crippen molar-refractivity contribution >= 4 is 5.97 Å². The fourth-order valence-electron chi connectivity index (χ4n) is 2.05. The zero-order chi connectivity index (χ0) is 16.9. The van der Waals surface area contributed by atoms with Gasteiger partial charge in [0.25, 0.3) is 5.89 Å². The first-order chi connectivity index (χ1) is 11.7. The number of para-hydroxylation sites is 1. The highest BCUT2D eigenvalue weighted by atomic mass is 19.1. The van der Waals surface area contributed by atoms with E-state index in [0.717, 1.165) is 0 Å². The molecule has 1 aromatic heterocycles. The average molecular weight is 328 g/mol. The van der Waals surface area contributed by atoms with Crippen LogP contribution >= 0.6 is 0 Å². The summed E-state index contributed by atoms with van der Waals surface area (Å²) in [7, 11) is 1.55. The maximum Gasteiger partial charge on any atom is 0.338 e. The van der Waals surface area contributed by atoms with E-state index in [0.29, 0.717) is 17.1 Å². The molecule has 0 amide bonds. The number of hydrogen-bond acceptors (Lipinski definition) is 6. The van der Waals surface area contributed by atoms with Crippen LogP contribution in [0, 0.1) is 5.82 Å². The van der Waals surface area contributed by atoms with E-state index < -0.39 is 11.8 Å². The van der Waals surface area contributed by atoms with Gasteiger partial charge in [-0.05, 0) is 36.4 Å². The summed E-state index contributed by atoms with van der Waals surface area (Å²) < 4.78 is 28.2. The summed E-state index contributed by atoms with van der Waals surface area (Å²) in [5.74, 6) is 0.0525. The Morgan fingerprint density at radius 1 is 1.17 bits per heavy atom. The van der Waals surface area contributed by atoms with Crippen molar-refractivity contribution in [3.8, 4) is 17.1 Å². The zero-order valence-corrected chi connectivity index (χ0v) is 12.7. The summed E-state index contributed by atoms with van der Waals surface area (Å²) in [4.78, 5) is 16.0. The Kier molecular flexibility index (Phi) is 4.51. The number of hydrogen-bond donors (Lipinski definition) is 0. The Hall–Kier alpha value is -3.22. The van der Waals surface area contributed by atoms with Gasteiger partial charge in [-0.2, -0.15) is 4.98 Å². The second kappa shape index (κ2) is 6.91. The number of esters is 1. The van der Waals surface area contributed by atoms with Gasteiger partial charge in [-0.1, -0.05) is 17.3 Å². The van der Waals surface area contributed by atoms with Gasteiger partial charge in [0.15, 0.2) is 6.61 Å². The number of carbonyl (C=O) groups excluding carboxylic acids is 1. The molecule has 0 atom stereocenters. The van der Waals surface area contributed by atoms with E-state index in [2.05, 4.69) is 10.1 Å². The van der Waals surface area contributed by atoms with E-state index in [-0.39, 0.29) is 18.1 Å². The largest absolute Gasteiger partial charge is 0.496 e. The zero-order valence-electron chi connectivity index (χ0n) is 12.7. The van der Waals surface area contributed by atoms with Crippen molar-refractivity contribution in [3.05, 3.63) is 65.8 Å². The number of aromatic nitrogens is 2. The molecule has 1 heterocycles. The van der Waals surface area contributed by atoms with Gasteiger partial charge in [-0.25, -0.2) is 9.18 Å². The van der Waals surface area contributed by atoms with Crippen LogP contribution in [0.1, 0.15) is 16.2 Å². The van der Waals surface area contributed by atoms with Gasteiger partial charge < -0.3 is 14.0 Å². The molecule has 0 aliphatic rings. The number of rotatable bonds is 5. The van der Waals surface area contributed by atoms with Crippen LogP contribution in [-0.2, 0) is 11.3 Å². The Balaban J connectivity index is 1.68. The normalized spacial score (nSPS) is 10.4. The summed E-state index contributed by atoms with van der Waals surface area (Å²) in [5.41, 5.74) is 0.903. The lowest BCUT2D eigenvalue weighted by molar-refractivity contribution is 0.0430. The van der Waals surface area contributed by atoms with Gasteiger partial charge in [0.2, 0.25) is 5.82 Å². The molecule has 2 aromatic carbocycles. The van der Waals surface area contributed by atoms with E-state index in [1.807, 2.05) is 12.1 Å². The summed E-state index contributed by atoms with van der Waals surface area (Å²) >= 11 is 0. The molecule has 24 heavy (non-hydrogen) atoms. The van der Waals surface area contributed by atoms with Gasteiger partial charge in [0, 0.05) is 0 Å². The van der Waals surface area contributed by atoms with Crippen LogP contribution in [-0.4, -0.2) is 23.2 Å². The van der Waals surface area contributed by atoms with Crippen molar-refractivity contribution in [2.24, 2.45) is 0 Å². The minimum atomic E-state index is -0.605. The molecule has 0 unspecified atom stereocenters. The van der Waals surface area contributed by atoms with Crippen LogP contribution < -0.4 is 4.74 Å². The molecule has 0 fully saturated rings. The molecule has 0 N–H and O–H groups in total. The molecule has 122 valence electrons. The van der Waals surface area contributed by atoms with E-state index in [1.54, 1.807) is 19.2 Å². The lowest BCUT2D eigenvalue weighted by atomic mass is 10.2. The Morgan fingerprint density at radius 3 is 2.67 bits per heavy atom. The third-order valence-electron chi connectivity index (χ3n) is 3.22. The van der Waals surface area contributed by atoms with E-state index in [4.69, 9.17) is 14.0 Å². The highest BCUT2D eigenvalue weighted by molar-refractivity contribution is 5.89. The van der Waals surface area contributed by atoms with Gasteiger partial charge in [0.1, 0.15) is 11.6 Å². The molecule has 0 aliphatic carbocycles. The molecule has 0 radical (unpaired) electrons. The predicted octanol–water partition coefficient (Wildman–Crippen LogP) is 3.24. The van der Waals surface area contributed by atoms with Gasteiger partial charge in [0.05, 0.1) is 18.2 Å². The molecule has 0 saturated heterocycles. The Bertz CT molecular complexity index is 846. The quantitative estimate of drug-likeness (QED) is 0.669. The van der Waals surface area contributed by atoms with Crippen molar-refractivity contribution in [1.82, 2.24) is 10.1 Å². The maximum atomic E-state index is 12.8. The number of nitrogens with zero attached hydrogens (tertiary/aromatic N) is 2. The Labute approximate surface area is 136 Å². The molecular formula is C17H13FN2O4. The van der Waals surface area contributed by atoms with Gasteiger partial charge in [-0.3, -0.25) is 0 Å². The predicted molar refractivity (Wildman–Crippen MR) is 81.8 cm³/mol. The molecule has 0 aliphatic heterocycles. The first-order valence-electron chi connectivity index (χ1n) is 7.06. The molecule has 3 rings (SSSR count). The van der Waals surface area contributed by atoms with Crippen molar-refractivity contribution in [3.63, 3.8) is 0 Å². The average Bonchev–Trinajstić information content (AvgIpc) is 3.09. The smallest absolute Gasteiger partial charge is 0.338 e. The first kappa shape index (κ1) is 15.7. The fourth-order valence-corrected chi connectivity index (χ4v) is 2.05. The van der Waals surface area contributed by atoms with Crippen molar-refractivity contribution in [2.75, 3.05) is 7.11 Å². The van der Waals surface area contributed by atoms with Crippen LogP contribution in [0.2, 0.25) is 0 Å². The molecular weight excluding hydrogens is 315 g/mol. The number of ether oxygens (including phenoxy) is 2. The lowest BCUT2D eigenvalue weighted by Crippen LogP contribution is -2.05. The third kappa shape index (κ3) is 3.40. The maximum absolute atomic E-state index is 12.8. The number of carbonyl (C=O) groups is 1. The van der Waals surface area contributed by atoms with Gasteiger partial charge >= 0.3 is 5.97 Å². The topological polar surface area (TPSA) is 74.5 Å². The van der Waals surface area contributed by atoms with Crippen LogP contribution in [0.25, 0.3) is 11.4 Å². The Morgan fingerprint density at radius 2 is 1.92 bits per heavy atom. The second-order valence-electron chi connectivity index (χ2n) is 4.80.